The Labute approximate surface area is 176 Å². The summed E-state index contributed by atoms with van der Waals surface area (Å²) in [5.74, 6) is -2.28. The number of nitrogens with one attached hydrogen (secondary N) is 1. The molecule has 2 saturated heterocycles. The molecule has 3 rings (SSSR count). The SMILES string of the molecule is COc1ccc(CCC(=O)N2CCCN(C(=O)C3CC(F)(F)CN3)CC2)cc1.Cl. The molecule has 1 atom stereocenters. The van der Waals surface area contributed by atoms with E-state index in [0.717, 1.165) is 11.3 Å². The van der Waals surface area contributed by atoms with Crippen LogP contribution < -0.4 is 10.1 Å². The van der Waals surface area contributed by atoms with Crippen molar-refractivity contribution < 1.29 is 23.1 Å². The van der Waals surface area contributed by atoms with Gasteiger partial charge in [-0.15, -0.1) is 12.4 Å². The molecule has 1 aromatic carbocycles. The Kier molecular flexibility index (Phi) is 8.22. The molecule has 0 aliphatic carbocycles. The monoisotopic (exact) mass is 431 g/mol. The molecule has 2 amide bonds. The third kappa shape index (κ3) is 6.27. The molecule has 6 nitrogen and oxygen atoms in total. The molecule has 29 heavy (non-hydrogen) atoms. The van der Waals surface area contributed by atoms with Crippen molar-refractivity contribution in [3.63, 3.8) is 0 Å². The van der Waals surface area contributed by atoms with E-state index in [2.05, 4.69) is 5.32 Å². The Morgan fingerprint density at radius 3 is 2.41 bits per heavy atom. The Morgan fingerprint density at radius 2 is 1.79 bits per heavy atom. The van der Waals surface area contributed by atoms with E-state index >= 15 is 0 Å². The largest absolute Gasteiger partial charge is 0.497 e. The van der Waals surface area contributed by atoms with E-state index in [4.69, 9.17) is 4.74 Å². The minimum absolute atomic E-state index is 0. The maximum Gasteiger partial charge on any atom is 0.262 e. The van der Waals surface area contributed by atoms with Crippen molar-refractivity contribution in [1.29, 1.82) is 0 Å². The van der Waals surface area contributed by atoms with Gasteiger partial charge in [-0.3, -0.25) is 14.9 Å². The van der Waals surface area contributed by atoms with Crippen LogP contribution in [0.1, 0.15) is 24.8 Å². The van der Waals surface area contributed by atoms with Gasteiger partial charge in [0.15, 0.2) is 0 Å². The molecule has 0 radical (unpaired) electrons. The number of alkyl halides is 2. The van der Waals surface area contributed by atoms with E-state index in [1.807, 2.05) is 24.3 Å². The van der Waals surface area contributed by atoms with Crippen molar-refractivity contribution >= 4 is 24.2 Å². The summed E-state index contributed by atoms with van der Waals surface area (Å²) in [5, 5.41) is 2.61. The van der Waals surface area contributed by atoms with Gasteiger partial charge in [-0.25, -0.2) is 8.78 Å². The first-order valence-corrected chi connectivity index (χ1v) is 9.69. The summed E-state index contributed by atoms with van der Waals surface area (Å²) in [4.78, 5) is 28.4. The van der Waals surface area contributed by atoms with Gasteiger partial charge in [0.25, 0.3) is 5.92 Å². The molecule has 0 spiro atoms. The van der Waals surface area contributed by atoms with Crippen molar-refractivity contribution in [2.45, 2.75) is 37.6 Å². The highest BCUT2D eigenvalue weighted by atomic mass is 35.5. The van der Waals surface area contributed by atoms with Crippen molar-refractivity contribution in [3.8, 4) is 5.75 Å². The molecular weight excluding hydrogens is 404 g/mol. The predicted octanol–water partition coefficient (Wildman–Crippen LogP) is 2.11. The number of ether oxygens (including phenoxy) is 1. The Balaban J connectivity index is 0.00000300. The number of carbonyl (C=O) groups excluding carboxylic acids is 2. The third-order valence-corrected chi connectivity index (χ3v) is 5.35. The van der Waals surface area contributed by atoms with E-state index < -0.39 is 24.9 Å². The lowest BCUT2D eigenvalue weighted by atomic mass is 10.1. The Morgan fingerprint density at radius 1 is 1.14 bits per heavy atom. The van der Waals surface area contributed by atoms with E-state index in [0.29, 0.717) is 45.4 Å². The second kappa shape index (κ2) is 10.2. The van der Waals surface area contributed by atoms with Crippen LogP contribution in [0.4, 0.5) is 8.78 Å². The Hall–Kier alpha value is -1.93. The second-order valence-corrected chi connectivity index (χ2v) is 7.40. The number of carbonyl (C=O) groups is 2. The van der Waals surface area contributed by atoms with E-state index in [1.165, 1.54) is 0 Å². The van der Waals surface area contributed by atoms with Crippen LogP contribution in [0.5, 0.6) is 5.75 Å². The molecule has 1 N–H and O–H groups in total. The molecular formula is C20H28ClF2N3O3. The zero-order valence-corrected chi connectivity index (χ0v) is 17.4. The van der Waals surface area contributed by atoms with Crippen LogP contribution in [-0.2, 0) is 16.0 Å². The van der Waals surface area contributed by atoms with Crippen LogP contribution in [0.3, 0.4) is 0 Å². The van der Waals surface area contributed by atoms with Crippen molar-refractivity contribution in [2.75, 3.05) is 39.8 Å². The highest BCUT2D eigenvalue weighted by Gasteiger charge is 2.43. The lowest BCUT2D eigenvalue weighted by Crippen LogP contribution is -2.45. The third-order valence-electron chi connectivity index (χ3n) is 5.35. The van der Waals surface area contributed by atoms with Crippen LogP contribution in [0.15, 0.2) is 24.3 Å². The van der Waals surface area contributed by atoms with Gasteiger partial charge in [0.1, 0.15) is 5.75 Å². The van der Waals surface area contributed by atoms with Gasteiger partial charge in [0.2, 0.25) is 11.8 Å². The molecule has 9 heteroatoms. The molecule has 0 saturated carbocycles. The number of methoxy groups -OCH3 is 1. The van der Waals surface area contributed by atoms with Gasteiger partial charge in [0.05, 0.1) is 19.7 Å². The Bertz CT molecular complexity index is 703. The average molecular weight is 432 g/mol. The quantitative estimate of drug-likeness (QED) is 0.775. The summed E-state index contributed by atoms with van der Waals surface area (Å²) in [6, 6.07) is 6.80. The molecule has 1 unspecified atom stereocenters. The number of amides is 2. The first-order chi connectivity index (χ1) is 13.4. The number of aryl methyl sites for hydroxylation is 1. The number of benzene rings is 1. The zero-order chi connectivity index (χ0) is 20.1. The molecule has 0 aromatic heterocycles. The first-order valence-electron chi connectivity index (χ1n) is 9.69. The smallest absolute Gasteiger partial charge is 0.262 e. The van der Waals surface area contributed by atoms with E-state index in [-0.39, 0.29) is 24.2 Å². The van der Waals surface area contributed by atoms with Gasteiger partial charge >= 0.3 is 0 Å². The summed E-state index contributed by atoms with van der Waals surface area (Å²) in [7, 11) is 1.61. The zero-order valence-electron chi connectivity index (χ0n) is 16.5. The van der Waals surface area contributed by atoms with E-state index in [9.17, 15) is 18.4 Å². The van der Waals surface area contributed by atoms with Crippen molar-refractivity contribution in [3.05, 3.63) is 29.8 Å². The fraction of sp³-hybridized carbons (Fsp3) is 0.600. The van der Waals surface area contributed by atoms with Crippen LogP contribution >= 0.6 is 12.4 Å². The second-order valence-electron chi connectivity index (χ2n) is 7.40. The number of hydrogen-bond donors (Lipinski definition) is 1. The maximum atomic E-state index is 13.3. The number of nitrogens with zero attached hydrogens (tertiary/aromatic N) is 2. The summed E-state index contributed by atoms with van der Waals surface area (Å²) in [6.07, 6.45) is 1.25. The standard InChI is InChI=1S/C20H27F2N3O3.ClH/c1-28-16-6-3-15(4-7-16)5-8-18(26)24-9-2-10-25(12-11-24)19(27)17-13-20(21,22)14-23-17;/h3-4,6-7,17,23H,2,5,8-14H2,1H3;1H. The number of halogens is 3. The summed E-state index contributed by atoms with van der Waals surface area (Å²) < 4.78 is 31.8. The lowest BCUT2D eigenvalue weighted by molar-refractivity contribution is -0.135. The van der Waals surface area contributed by atoms with Gasteiger partial charge in [0, 0.05) is 39.0 Å². The van der Waals surface area contributed by atoms with Gasteiger partial charge in [-0.2, -0.15) is 0 Å². The predicted molar refractivity (Wildman–Crippen MR) is 108 cm³/mol. The normalized spacial score (nSPS) is 21.3. The molecule has 162 valence electrons. The fourth-order valence-corrected chi connectivity index (χ4v) is 3.70. The molecule has 1 aromatic rings. The minimum atomic E-state index is -2.82. The summed E-state index contributed by atoms with van der Waals surface area (Å²) in [6.45, 7) is 1.45. The maximum absolute atomic E-state index is 13.3. The first kappa shape index (κ1) is 23.3. The molecule has 0 bridgehead atoms. The van der Waals surface area contributed by atoms with Crippen LogP contribution in [0.2, 0.25) is 0 Å². The van der Waals surface area contributed by atoms with Gasteiger partial charge < -0.3 is 14.5 Å². The molecule has 2 heterocycles. The highest BCUT2D eigenvalue weighted by Crippen LogP contribution is 2.26. The lowest BCUT2D eigenvalue weighted by Gasteiger charge is -2.24. The van der Waals surface area contributed by atoms with E-state index in [1.54, 1.807) is 16.9 Å². The van der Waals surface area contributed by atoms with Crippen LogP contribution in [0, 0.1) is 0 Å². The molecule has 2 aliphatic heterocycles. The average Bonchev–Trinajstić information content (AvgIpc) is 2.90. The number of rotatable bonds is 5. The minimum Gasteiger partial charge on any atom is -0.497 e. The van der Waals surface area contributed by atoms with Crippen molar-refractivity contribution in [1.82, 2.24) is 15.1 Å². The van der Waals surface area contributed by atoms with Crippen LogP contribution in [-0.4, -0.2) is 73.4 Å². The number of hydrogen-bond acceptors (Lipinski definition) is 4. The van der Waals surface area contributed by atoms with Gasteiger partial charge in [-0.05, 0) is 30.5 Å². The topological polar surface area (TPSA) is 61.9 Å². The highest BCUT2D eigenvalue weighted by molar-refractivity contribution is 5.85. The summed E-state index contributed by atoms with van der Waals surface area (Å²) >= 11 is 0. The fourth-order valence-electron chi connectivity index (χ4n) is 3.70. The van der Waals surface area contributed by atoms with Gasteiger partial charge in [-0.1, -0.05) is 12.1 Å². The molecule has 2 fully saturated rings. The molecule has 2 aliphatic rings. The summed E-state index contributed by atoms with van der Waals surface area (Å²) in [5.41, 5.74) is 1.06. The van der Waals surface area contributed by atoms with Crippen LogP contribution in [0.25, 0.3) is 0 Å². The van der Waals surface area contributed by atoms with Crippen molar-refractivity contribution in [2.24, 2.45) is 0 Å².